The van der Waals surface area contributed by atoms with E-state index in [0.717, 1.165) is 6.42 Å². The SMILES string of the molecule is O=C(O)N1CC(O)C(CC2CCCCC2)C1. The van der Waals surface area contributed by atoms with E-state index in [4.69, 9.17) is 5.11 Å². The largest absolute Gasteiger partial charge is 0.465 e. The highest BCUT2D eigenvalue weighted by Crippen LogP contribution is 2.32. The Morgan fingerprint density at radius 1 is 1.19 bits per heavy atom. The van der Waals surface area contributed by atoms with Gasteiger partial charge in [0.2, 0.25) is 0 Å². The van der Waals surface area contributed by atoms with Gasteiger partial charge in [-0.05, 0) is 12.3 Å². The van der Waals surface area contributed by atoms with Crippen LogP contribution in [0.1, 0.15) is 38.5 Å². The molecule has 0 aromatic carbocycles. The van der Waals surface area contributed by atoms with Crippen LogP contribution in [0.15, 0.2) is 0 Å². The zero-order chi connectivity index (χ0) is 11.5. The van der Waals surface area contributed by atoms with Crippen LogP contribution in [0.3, 0.4) is 0 Å². The third-order valence-corrected chi connectivity index (χ3v) is 4.04. The zero-order valence-corrected chi connectivity index (χ0v) is 9.64. The summed E-state index contributed by atoms with van der Waals surface area (Å²) < 4.78 is 0. The van der Waals surface area contributed by atoms with Crippen LogP contribution < -0.4 is 0 Å². The molecule has 1 amide bonds. The highest BCUT2D eigenvalue weighted by Gasteiger charge is 2.35. The van der Waals surface area contributed by atoms with Crippen LogP contribution in [0, 0.1) is 11.8 Å². The first-order chi connectivity index (χ1) is 7.66. The lowest BCUT2D eigenvalue weighted by molar-refractivity contribution is 0.120. The number of aliphatic hydroxyl groups is 1. The highest BCUT2D eigenvalue weighted by atomic mass is 16.4. The molecule has 1 aliphatic carbocycles. The number of carbonyl (C=O) groups is 1. The third kappa shape index (κ3) is 2.67. The summed E-state index contributed by atoms with van der Waals surface area (Å²) >= 11 is 0. The number of hydrogen-bond acceptors (Lipinski definition) is 2. The molecule has 4 nitrogen and oxygen atoms in total. The van der Waals surface area contributed by atoms with E-state index in [-0.39, 0.29) is 5.92 Å². The Hall–Kier alpha value is -0.770. The molecule has 0 bridgehead atoms. The Balaban J connectivity index is 1.83. The molecule has 1 saturated heterocycles. The first-order valence-corrected chi connectivity index (χ1v) is 6.32. The molecule has 2 aliphatic rings. The van der Waals surface area contributed by atoms with Gasteiger partial charge < -0.3 is 15.1 Å². The van der Waals surface area contributed by atoms with Gasteiger partial charge in [0, 0.05) is 12.5 Å². The molecule has 92 valence electrons. The van der Waals surface area contributed by atoms with Crippen LogP contribution in [0.4, 0.5) is 4.79 Å². The van der Waals surface area contributed by atoms with Gasteiger partial charge in [-0.15, -0.1) is 0 Å². The van der Waals surface area contributed by atoms with E-state index in [1.54, 1.807) is 0 Å². The number of hydrogen-bond donors (Lipinski definition) is 2. The molecular formula is C12H21NO3. The smallest absolute Gasteiger partial charge is 0.407 e. The molecule has 2 rings (SSSR count). The number of amides is 1. The van der Waals surface area contributed by atoms with Crippen molar-refractivity contribution in [1.82, 2.24) is 4.90 Å². The predicted molar refractivity (Wildman–Crippen MR) is 60.3 cm³/mol. The minimum atomic E-state index is -0.898. The van der Waals surface area contributed by atoms with Crippen LogP contribution in [0.5, 0.6) is 0 Å². The van der Waals surface area contributed by atoms with Crippen molar-refractivity contribution in [1.29, 1.82) is 0 Å². The van der Waals surface area contributed by atoms with Gasteiger partial charge in [-0.1, -0.05) is 32.1 Å². The summed E-state index contributed by atoms with van der Waals surface area (Å²) in [6.07, 6.45) is 6.12. The van der Waals surface area contributed by atoms with Crippen molar-refractivity contribution in [3.8, 4) is 0 Å². The van der Waals surface area contributed by atoms with Crippen molar-refractivity contribution in [2.24, 2.45) is 11.8 Å². The number of carboxylic acid groups (broad SMARTS) is 1. The Bertz CT molecular complexity index is 251. The molecule has 2 unspecified atom stereocenters. The van der Waals surface area contributed by atoms with Crippen LogP contribution in [-0.2, 0) is 0 Å². The van der Waals surface area contributed by atoms with E-state index in [1.165, 1.54) is 37.0 Å². The second-order valence-corrected chi connectivity index (χ2v) is 5.25. The van der Waals surface area contributed by atoms with Crippen LogP contribution in [-0.4, -0.2) is 40.4 Å². The van der Waals surface area contributed by atoms with E-state index in [9.17, 15) is 9.90 Å². The van der Waals surface area contributed by atoms with E-state index in [1.807, 2.05) is 0 Å². The third-order valence-electron chi connectivity index (χ3n) is 4.04. The zero-order valence-electron chi connectivity index (χ0n) is 9.64. The van der Waals surface area contributed by atoms with Crippen molar-refractivity contribution < 1.29 is 15.0 Å². The van der Waals surface area contributed by atoms with Crippen molar-refractivity contribution in [2.45, 2.75) is 44.6 Å². The Morgan fingerprint density at radius 3 is 2.44 bits per heavy atom. The van der Waals surface area contributed by atoms with Crippen LogP contribution in [0.25, 0.3) is 0 Å². The van der Waals surface area contributed by atoms with Crippen LogP contribution >= 0.6 is 0 Å². The number of aliphatic hydroxyl groups excluding tert-OH is 1. The van der Waals surface area contributed by atoms with Gasteiger partial charge in [0.25, 0.3) is 0 Å². The Morgan fingerprint density at radius 2 is 1.88 bits per heavy atom. The topological polar surface area (TPSA) is 60.8 Å². The second-order valence-electron chi connectivity index (χ2n) is 5.25. The fraction of sp³-hybridized carbons (Fsp3) is 0.917. The second kappa shape index (κ2) is 5.04. The van der Waals surface area contributed by atoms with Crippen molar-refractivity contribution in [3.63, 3.8) is 0 Å². The summed E-state index contributed by atoms with van der Waals surface area (Å²) in [6.45, 7) is 0.819. The molecule has 1 heterocycles. The molecule has 4 heteroatoms. The van der Waals surface area contributed by atoms with Gasteiger partial charge >= 0.3 is 6.09 Å². The maximum Gasteiger partial charge on any atom is 0.407 e. The van der Waals surface area contributed by atoms with Crippen LogP contribution in [0.2, 0.25) is 0 Å². The molecule has 2 N–H and O–H groups in total. The summed E-state index contributed by atoms with van der Waals surface area (Å²) in [4.78, 5) is 12.1. The van der Waals surface area contributed by atoms with Gasteiger partial charge in [-0.25, -0.2) is 4.79 Å². The lowest BCUT2D eigenvalue weighted by Gasteiger charge is -2.25. The summed E-state index contributed by atoms with van der Waals surface area (Å²) in [5, 5.41) is 18.7. The molecule has 0 radical (unpaired) electrons. The lowest BCUT2D eigenvalue weighted by Crippen LogP contribution is -2.27. The number of nitrogens with zero attached hydrogens (tertiary/aromatic N) is 1. The average Bonchev–Trinajstić information content (AvgIpc) is 2.62. The maximum absolute atomic E-state index is 10.8. The lowest BCUT2D eigenvalue weighted by atomic mass is 9.82. The maximum atomic E-state index is 10.8. The summed E-state index contributed by atoms with van der Waals surface area (Å²) in [5.41, 5.74) is 0. The Kier molecular flexibility index (Phi) is 3.69. The van der Waals surface area contributed by atoms with Gasteiger partial charge in [-0.3, -0.25) is 0 Å². The van der Waals surface area contributed by atoms with Gasteiger partial charge in [0.1, 0.15) is 0 Å². The van der Waals surface area contributed by atoms with Gasteiger partial charge in [0.15, 0.2) is 0 Å². The fourth-order valence-corrected chi connectivity index (χ4v) is 3.09. The van der Waals surface area contributed by atoms with Gasteiger partial charge in [-0.2, -0.15) is 0 Å². The molecule has 2 fully saturated rings. The first-order valence-electron chi connectivity index (χ1n) is 6.32. The summed E-state index contributed by atoms with van der Waals surface area (Å²) in [6, 6.07) is 0. The first kappa shape index (κ1) is 11.7. The summed E-state index contributed by atoms with van der Waals surface area (Å²) in [5.74, 6) is 0.876. The monoisotopic (exact) mass is 227 g/mol. The standard InChI is InChI=1S/C12H21NO3/c14-11-8-13(12(15)16)7-10(11)6-9-4-2-1-3-5-9/h9-11,14H,1-8H2,(H,15,16). The van der Waals surface area contributed by atoms with E-state index < -0.39 is 12.2 Å². The van der Waals surface area contributed by atoms with Crippen molar-refractivity contribution in [3.05, 3.63) is 0 Å². The highest BCUT2D eigenvalue weighted by molar-refractivity contribution is 5.65. The molecule has 0 aromatic heterocycles. The molecule has 1 saturated carbocycles. The van der Waals surface area contributed by atoms with E-state index in [2.05, 4.69) is 0 Å². The molecular weight excluding hydrogens is 206 g/mol. The molecule has 1 aliphatic heterocycles. The average molecular weight is 227 g/mol. The quantitative estimate of drug-likeness (QED) is 0.757. The van der Waals surface area contributed by atoms with Gasteiger partial charge in [0.05, 0.1) is 12.6 Å². The van der Waals surface area contributed by atoms with Crippen molar-refractivity contribution in [2.75, 3.05) is 13.1 Å². The van der Waals surface area contributed by atoms with E-state index >= 15 is 0 Å². The molecule has 0 aromatic rings. The minimum Gasteiger partial charge on any atom is -0.465 e. The fourth-order valence-electron chi connectivity index (χ4n) is 3.09. The number of β-amino-alcohol motifs (C(OH)–C–C–N with tert-alkyl or cyclic N) is 1. The number of likely N-dealkylation sites (tertiary alicyclic amines) is 1. The predicted octanol–water partition coefficient (Wildman–Crippen LogP) is 1.93. The van der Waals surface area contributed by atoms with E-state index in [0.29, 0.717) is 19.0 Å². The minimum absolute atomic E-state index is 0.166. The van der Waals surface area contributed by atoms with Crippen molar-refractivity contribution >= 4 is 6.09 Å². The normalized spacial score (nSPS) is 31.9. The molecule has 16 heavy (non-hydrogen) atoms. The Labute approximate surface area is 96.3 Å². The molecule has 2 atom stereocenters. The number of rotatable bonds is 2. The molecule has 0 spiro atoms. The summed E-state index contributed by atoms with van der Waals surface area (Å²) in [7, 11) is 0.